The fourth-order valence-corrected chi connectivity index (χ4v) is 3.64. The van der Waals surface area contributed by atoms with Gasteiger partial charge in [0.2, 0.25) is 5.82 Å². The molecule has 0 aliphatic rings. The van der Waals surface area contributed by atoms with Crippen molar-refractivity contribution in [1.29, 1.82) is 0 Å². The topological polar surface area (TPSA) is 65.7 Å². The Balaban J connectivity index is 1.57. The summed E-state index contributed by atoms with van der Waals surface area (Å²) in [7, 11) is 1.64. The van der Waals surface area contributed by atoms with E-state index in [-0.39, 0.29) is 0 Å². The Morgan fingerprint density at radius 1 is 1.04 bits per heavy atom. The molecule has 7 heteroatoms. The number of methoxy groups -OCH3 is 1. The molecule has 0 aliphatic carbocycles. The predicted octanol–water partition coefficient (Wildman–Crippen LogP) is 3.83. The third-order valence-corrected chi connectivity index (χ3v) is 5.17. The summed E-state index contributed by atoms with van der Waals surface area (Å²) in [5.41, 5.74) is 2.99. The molecule has 0 fully saturated rings. The van der Waals surface area contributed by atoms with Crippen LogP contribution in [0.2, 0.25) is 0 Å². The van der Waals surface area contributed by atoms with Crippen LogP contribution in [-0.2, 0) is 6.54 Å². The summed E-state index contributed by atoms with van der Waals surface area (Å²) in [5, 5.41) is 13.8. The summed E-state index contributed by atoms with van der Waals surface area (Å²) in [4.78, 5) is 7.40. The molecule has 0 saturated heterocycles. The van der Waals surface area contributed by atoms with Gasteiger partial charge >= 0.3 is 0 Å². The highest BCUT2D eigenvalue weighted by atomic mass is 32.1. The van der Waals surface area contributed by atoms with E-state index >= 15 is 0 Å². The van der Waals surface area contributed by atoms with Crippen LogP contribution in [0.25, 0.3) is 22.0 Å². The quantitative estimate of drug-likeness (QED) is 0.539. The van der Waals surface area contributed by atoms with E-state index in [0.717, 1.165) is 32.5 Å². The minimum atomic E-state index is 0.549. The Labute approximate surface area is 155 Å². The molecule has 0 unspecified atom stereocenters. The summed E-state index contributed by atoms with van der Waals surface area (Å²) in [6.07, 6.45) is 0. The first-order chi connectivity index (χ1) is 12.7. The van der Waals surface area contributed by atoms with Gasteiger partial charge in [0.05, 0.1) is 24.2 Å². The van der Waals surface area contributed by atoms with Gasteiger partial charge in [-0.25, -0.2) is 4.98 Å². The first-order valence-electron chi connectivity index (χ1n) is 8.17. The molecule has 0 atom stereocenters. The van der Waals surface area contributed by atoms with Crippen molar-refractivity contribution in [3.8, 4) is 27.7 Å². The monoisotopic (exact) mass is 363 g/mol. The zero-order valence-electron chi connectivity index (χ0n) is 14.5. The highest BCUT2D eigenvalue weighted by Gasteiger charge is 2.12. The highest BCUT2D eigenvalue weighted by Crippen LogP contribution is 2.28. The van der Waals surface area contributed by atoms with Crippen molar-refractivity contribution < 1.29 is 4.74 Å². The number of rotatable bonds is 5. The van der Waals surface area contributed by atoms with E-state index in [0.29, 0.717) is 12.4 Å². The number of aryl methyl sites for hydroxylation is 1. The van der Waals surface area contributed by atoms with E-state index in [1.54, 1.807) is 23.2 Å². The number of thiazole rings is 1. The second kappa shape index (κ2) is 7.05. The van der Waals surface area contributed by atoms with E-state index in [9.17, 15) is 0 Å². The minimum absolute atomic E-state index is 0.549. The molecule has 2 aromatic heterocycles. The highest BCUT2D eigenvalue weighted by molar-refractivity contribution is 7.15. The summed E-state index contributed by atoms with van der Waals surface area (Å²) in [6.45, 7) is 2.56. The van der Waals surface area contributed by atoms with Crippen molar-refractivity contribution in [3.63, 3.8) is 0 Å². The van der Waals surface area contributed by atoms with Crippen LogP contribution in [-0.4, -0.2) is 32.3 Å². The second-order valence-corrected chi connectivity index (χ2v) is 6.85. The SMILES string of the molecule is COc1cccc(-c2nnn(Cc3sc(-c4ccccc4)nc3C)n2)c1. The van der Waals surface area contributed by atoms with Crippen LogP contribution >= 0.6 is 11.3 Å². The summed E-state index contributed by atoms with van der Waals surface area (Å²) < 4.78 is 5.25. The fraction of sp³-hybridized carbons (Fsp3) is 0.158. The minimum Gasteiger partial charge on any atom is -0.497 e. The van der Waals surface area contributed by atoms with Crippen molar-refractivity contribution in [2.24, 2.45) is 0 Å². The molecule has 4 aromatic rings. The maximum atomic E-state index is 5.25. The number of nitrogens with zero attached hydrogens (tertiary/aromatic N) is 5. The lowest BCUT2D eigenvalue weighted by atomic mass is 10.2. The molecule has 0 radical (unpaired) electrons. The predicted molar refractivity (Wildman–Crippen MR) is 101 cm³/mol. The molecular weight excluding hydrogens is 346 g/mol. The van der Waals surface area contributed by atoms with Crippen LogP contribution in [0.15, 0.2) is 54.6 Å². The molecule has 0 amide bonds. The number of tetrazole rings is 1. The first kappa shape index (κ1) is 16.4. The van der Waals surface area contributed by atoms with Gasteiger partial charge in [0.1, 0.15) is 10.8 Å². The van der Waals surface area contributed by atoms with Gasteiger partial charge in [0.25, 0.3) is 0 Å². The van der Waals surface area contributed by atoms with Crippen LogP contribution in [0.5, 0.6) is 5.75 Å². The van der Waals surface area contributed by atoms with Crippen molar-refractivity contribution in [1.82, 2.24) is 25.2 Å². The van der Waals surface area contributed by atoms with Crippen molar-refractivity contribution in [2.75, 3.05) is 7.11 Å². The van der Waals surface area contributed by atoms with Crippen molar-refractivity contribution in [3.05, 3.63) is 65.2 Å². The second-order valence-electron chi connectivity index (χ2n) is 5.77. The Kier molecular flexibility index (Phi) is 4.45. The van der Waals surface area contributed by atoms with Crippen LogP contribution in [0.3, 0.4) is 0 Å². The molecule has 0 aliphatic heterocycles. The van der Waals surface area contributed by atoms with E-state index < -0.39 is 0 Å². The van der Waals surface area contributed by atoms with Crippen LogP contribution < -0.4 is 4.74 Å². The molecule has 26 heavy (non-hydrogen) atoms. The van der Waals surface area contributed by atoms with E-state index in [1.807, 2.05) is 49.4 Å². The van der Waals surface area contributed by atoms with Crippen molar-refractivity contribution >= 4 is 11.3 Å². The molecular formula is C19H17N5OS. The molecule has 2 aromatic carbocycles. The zero-order valence-corrected chi connectivity index (χ0v) is 15.3. The smallest absolute Gasteiger partial charge is 0.205 e. The average Bonchev–Trinajstić information content (AvgIpc) is 3.30. The average molecular weight is 363 g/mol. The van der Waals surface area contributed by atoms with Gasteiger partial charge in [-0.15, -0.1) is 21.5 Å². The molecule has 0 bridgehead atoms. The maximum Gasteiger partial charge on any atom is 0.205 e. The van der Waals surface area contributed by atoms with E-state index in [4.69, 9.17) is 4.74 Å². The van der Waals surface area contributed by atoms with E-state index in [1.165, 1.54) is 0 Å². The fourth-order valence-electron chi connectivity index (χ4n) is 2.60. The standard InChI is InChI=1S/C19H17N5OS/c1-13-17(26-19(20-13)14-7-4-3-5-8-14)12-24-22-18(21-23-24)15-9-6-10-16(11-15)25-2/h3-11H,12H2,1-2H3. The van der Waals surface area contributed by atoms with Crippen LogP contribution in [0.1, 0.15) is 10.6 Å². The Morgan fingerprint density at radius 3 is 2.65 bits per heavy atom. The number of aromatic nitrogens is 5. The summed E-state index contributed by atoms with van der Waals surface area (Å²) in [5.74, 6) is 1.35. The van der Waals surface area contributed by atoms with Gasteiger partial charge in [-0.1, -0.05) is 42.5 Å². The Morgan fingerprint density at radius 2 is 1.85 bits per heavy atom. The Bertz CT molecular complexity index is 1030. The first-order valence-corrected chi connectivity index (χ1v) is 8.98. The third kappa shape index (κ3) is 3.34. The van der Waals surface area contributed by atoms with Gasteiger partial charge in [-0.2, -0.15) is 4.80 Å². The molecule has 0 saturated carbocycles. The van der Waals surface area contributed by atoms with E-state index in [2.05, 4.69) is 32.5 Å². The maximum absolute atomic E-state index is 5.25. The molecule has 130 valence electrons. The lowest BCUT2D eigenvalue weighted by Gasteiger charge is -2.00. The lowest BCUT2D eigenvalue weighted by molar-refractivity contribution is 0.415. The number of ether oxygens (including phenoxy) is 1. The third-order valence-electron chi connectivity index (χ3n) is 3.98. The normalized spacial score (nSPS) is 10.8. The molecule has 0 spiro atoms. The number of hydrogen-bond donors (Lipinski definition) is 0. The number of hydrogen-bond acceptors (Lipinski definition) is 6. The van der Waals surface area contributed by atoms with Crippen LogP contribution in [0.4, 0.5) is 0 Å². The summed E-state index contributed by atoms with van der Waals surface area (Å²) in [6, 6.07) is 17.8. The zero-order chi connectivity index (χ0) is 17.9. The molecule has 2 heterocycles. The Hall–Kier alpha value is -3.06. The largest absolute Gasteiger partial charge is 0.497 e. The van der Waals surface area contributed by atoms with Gasteiger partial charge < -0.3 is 4.74 Å². The summed E-state index contributed by atoms with van der Waals surface area (Å²) >= 11 is 1.66. The molecule has 0 N–H and O–H groups in total. The lowest BCUT2D eigenvalue weighted by Crippen LogP contribution is -2.03. The molecule has 4 rings (SSSR count). The van der Waals surface area contributed by atoms with Gasteiger partial charge in [-0.05, 0) is 24.3 Å². The van der Waals surface area contributed by atoms with Gasteiger partial charge in [0, 0.05) is 11.1 Å². The number of benzene rings is 2. The van der Waals surface area contributed by atoms with Gasteiger partial charge in [-0.3, -0.25) is 0 Å². The van der Waals surface area contributed by atoms with Crippen LogP contribution in [0, 0.1) is 6.92 Å². The van der Waals surface area contributed by atoms with Gasteiger partial charge in [0.15, 0.2) is 0 Å². The van der Waals surface area contributed by atoms with Crippen molar-refractivity contribution in [2.45, 2.75) is 13.5 Å². The molecule has 6 nitrogen and oxygen atoms in total.